The molecule has 3 rings (SSSR count). The van der Waals surface area contributed by atoms with Gasteiger partial charge < -0.3 is 9.84 Å². The Morgan fingerprint density at radius 1 is 1.29 bits per heavy atom. The number of hydrogen-bond acceptors (Lipinski definition) is 2. The Morgan fingerprint density at radius 3 is 2.71 bits per heavy atom. The zero-order valence-corrected chi connectivity index (χ0v) is 13.1. The molecule has 1 fully saturated rings. The van der Waals surface area contributed by atoms with E-state index in [9.17, 15) is 9.90 Å². The van der Waals surface area contributed by atoms with Crippen LogP contribution < -0.4 is 4.74 Å². The summed E-state index contributed by atoms with van der Waals surface area (Å²) in [5.74, 6) is 0.393. The Labute approximate surface area is 126 Å². The summed E-state index contributed by atoms with van der Waals surface area (Å²) in [6.07, 6.45) is 4.35. The maximum atomic E-state index is 12.0. The molecule has 2 aliphatic carbocycles. The van der Waals surface area contributed by atoms with Crippen LogP contribution >= 0.6 is 0 Å². The molecule has 0 unspecified atom stereocenters. The lowest BCUT2D eigenvalue weighted by Gasteiger charge is -2.50. The van der Waals surface area contributed by atoms with Gasteiger partial charge in [-0.1, -0.05) is 19.9 Å². The fourth-order valence-electron chi connectivity index (χ4n) is 4.28. The number of carboxylic acid groups (broad SMARTS) is 1. The monoisotopic (exact) mass is 288 g/mol. The van der Waals surface area contributed by atoms with Crippen LogP contribution in [0.3, 0.4) is 0 Å². The minimum atomic E-state index is -0.607. The smallest absolute Gasteiger partial charge is 0.310 e. The molecule has 0 spiro atoms. The molecule has 114 valence electrons. The third-order valence-electron chi connectivity index (χ3n) is 5.66. The first-order valence-corrected chi connectivity index (χ1v) is 7.78. The lowest BCUT2D eigenvalue weighted by molar-refractivity contribution is -0.155. The second-order valence-electron chi connectivity index (χ2n) is 7.45. The van der Waals surface area contributed by atoms with E-state index in [0.29, 0.717) is 0 Å². The zero-order valence-electron chi connectivity index (χ0n) is 13.1. The molecular formula is C18H24O3. The Balaban J connectivity index is 2.08. The Bertz CT molecular complexity index is 576. The molecule has 0 heterocycles. The van der Waals surface area contributed by atoms with Crippen LogP contribution in [0.15, 0.2) is 18.2 Å². The van der Waals surface area contributed by atoms with Gasteiger partial charge in [0.05, 0.1) is 12.5 Å². The summed E-state index contributed by atoms with van der Waals surface area (Å²) in [5.41, 5.74) is 2.17. The highest BCUT2D eigenvalue weighted by Crippen LogP contribution is 2.58. The molecule has 0 amide bonds. The van der Waals surface area contributed by atoms with Crippen LogP contribution in [0.25, 0.3) is 0 Å². The van der Waals surface area contributed by atoms with Crippen molar-refractivity contribution in [3.8, 4) is 5.75 Å². The molecular weight excluding hydrogens is 264 g/mol. The molecule has 0 aliphatic heterocycles. The van der Waals surface area contributed by atoms with Gasteiger partial charge >= 0.3 is 5.97 Å². The molecule has 1 N–H and O–H groups in total. The number of ether oxygens (including phenoxy) is 1. The third kappa shape index (κ3) is 2.23. The van der Waals surface area contributed by atoms with E-state index in [1.165, 1.54) is 11.1 Å². The molecule has 3 nitrogen and oxygen atoms in total. The number of methoxy groups -OCH3 is 1. The highest BCUT2D eigenvalue weighted by Gasteiger charge is 2.53. The summed E-state index contributed by atoms with van der Waals surface area (Å²) in [7, 11) is 1.68. The van der Waals surface area contributed by atoms with E-state index in [1.807, 2.05) is 6.07 Å². The Morgan fingerprint density at radius 2 is 2.05 bits per heavy atom. The summed E-state index contributed by atoms with van der Waals surface area (Å²) in [4.78, 5) is 12.0. The van der Waals surface area contributed by atoms with Crippen molar-refractivity contribution in [1.29, 1.82) is 0 Å². The van der Waals surface area contributed by atoms with Crippen LogP contribution in [-0.4, -0.2) is 18.2 Å². The first-order valence-electron chi connectivity index (χ1n) is 7.78. The molecule has 0 saturated heterocycles. The van der Waals surface area contributed by atoms with E-state index in [4.69, 9.17) is 4.74 Å². The Hall–Kier alpha value is -1.51. The van der Waals surface area contributed by atoms with Crippen molar-refractivity contribution in [3.63, 3.8) is 0 Å². The van der Waals surface area contributed by atoms with Gasteiger partial charge in [-0.2, -0.15) is 0 Å². The molecule has 21 heavy (non-hydrogen) atoms. The molecule has 1 aromatic rings. The standard InChI is InChI=1S/C18H24O3/c1-17(2)8-9-18(16(19)20)7-6-12-10-13(21-3)4-5-14(12)15(18)11-17/h4-5,10,15H,6-9,11H2,1-3H3,(H,19,20)/t15-,18+/m1/s1. The van der Waals surface area contributed by atoms with Gasteiger partial charge in [0.2, 0.25) is 0 Å². The van der Waals surface area contributed by atoms with E-state index < -0.39 is 11.4 Å². The quantitative estimate of drug-likeness (QED) is 0.894. The van der Waals surface area contributed by atoms with E-state index in [0.717, 1.165) is 37.9 Å². The normalized spacial score (nSPS) is 30.1. The fraction of sp³-hybridized carbons (Fsp3) is 0.611. The van der Waals surface area contributed by atoms with Crippen molar-refractivity contribution in [2.24, 2.45) is 10.8 Å². The van der Waals surface area contributed by atoms with Crippen LogP contribution in [-0.2, 0) is 11.2 Å². The van der Waals surface area contributed by atoms with Crippen molar-refractivity contribution in [2.75, 3.05) is 7.11 Å². The van der Waals surface area contributed by atoms with Gasteiger partial charge in [0.1, 0.15) is 5.75 Å². The summed E-state index contributed by atoms with van der Waals surface area (Å²) in [6, 6.07) is 6.15. The average Bonchev–Trinajstić information content (AvgIpc) is 2.45. The number of aryl methyl sites for hydroxylation is 1. The highest BCUT2D eigenvalue weighted by molar-refractivity contribution is 5.77. The maximum absolute atomic E-state index is 12.0. The van der Waals surface area contributed by atoms with Gasteiger partial charge in [-0.05, 0) is 60.8 Å². The third-order valence-corrected chi connectivity index (χ3v) is 5.66. The number of rotatable bonds is 2. The number of carbonyl (C=O) groups is 1. The van der Waals surface area contributed by atoms with Gasteiger partial charge in [-0.3, -0.25) is 4.79 Å². The maximum Gasteiger partial charge on any atom is 0.310 e. The van der Waals surface area contributed by atoms with Crippen molar-refractivity contribution >= 4 is 5.97 Å². The second kappa shape index (κ2) is 4.75. The molecule has 2 aliphatic rings. The second-order valence-corrected chi connectivity index (χ2v) is 7.45. The van der Waals surface area contributed by atoms with E-state index in [1.54, 1.807) is 7.11 Å². The van der Waals surface area contributed by atoms with Gasteiger partial charge in [0, 0.05) is 5.92 Å². The fourth-order valence-corrected chi connectivity index (χ4v) is 4.28. The van der Waals surface area contributed by atoms with Crippen molar-refractivity contribution in [2.45, 2.75) is 51.9 Å². The Kier molecular flexibility index (Phi) is 3.27. The minimum absolute atomic E-state index is 0.133. The lowest BCUT2D eigenvalue weighted by Crippen LogP contribution is -2.46. The van der Waals surface area contributed by atoms with Crippen LogP contribution in [0.5, 0.6) is 5.75 Å². The number of carboxylic acids is 1. The average molecular weight is 288 g/mol. The first kappa shape index (κ1) is 14.4. The summed E-state index contributed by atoms with van der Waals surface area (Å²) in [5, 5.41) is 9.90. The molecule has 0 bridgehead atoms. The van der Waals surface area contributed by atoms with Gasteiger partial charge in [0.25, 0.3) is 0 Å². The molecule has 1 aromatic carbocycles. The molecule has 2 atom stereocenters. The van der Waals surface area contributed by atoms with Crippen LogP contribution in [0, 0.1) is 10.8 Å². The van der Waals surface area contributed by atoms with Crippen molar-refractivity contribution < 1.29 is 14.6 Å². The van der Waals surface area contributed by atoms with Gasteiger partial charge in [0.15, 0.2) is 0 Å². The van der Waals surface area contributed by atoms with Crippen molar-refractivity contribution in [1.82, 2.24) is 0 Å². The molecule has 0 aromatic heterocycles. The van der Waals surface area contributed by atoms with E-state index >= 15 is 0 Å². The topological polar surface area (TPSA) is 46.5 Å². The molecule has 0 radical (unpaired) electrons. The number of fused-ring (bicyclic) bond motifs is 3. The minimum Gasteiger partial charge on any atom is -0.497 e. The van der Waals surface area contributed by atoms with Crippen molar-refractivity contribution in [3.05, 3.63) is 29.3 Å². The van der Waals surface area contributed by atoms with Gasteiger partial charge in [-0.25, -0.2) is 0 Å². The van der Waals surface area contributed by atoms with E-state index in [2.05, 4.69) is 26.0 Å². The van der Waals surface area contributed by atoms with Crippen LogP contribution in [0.2, 0.25) is 0 Å². The zero-order chi connectivity index (χ0) is 15.3. The number of aliphatic carboxylic acids is 1. The highest BCUT2D eigenvalue weighted by atomic mass is 16.5. The largest absolute Gasteiger partial charge is 0.497 e. The number of benzene rings is 1. The molecule has 1 saturated carbocycles. The summed E-state index contributed by atoms with van der Waals surface area (Å²) < 4.78 is 5.31. The molecule has 3 heteroatoms. The van der Waals surface area contributed by atoms with Gasteiger partial charge in [-0.15, -0.1) is 0 Å². The van der Waals surface area contributed by atoms with Crippen LogP contribution in [0.1, 0.15) is 56.6 Å². The SMILES string of the molecule is COc1ccc2c(c1)CC[C@]1(C(=O)O)CCC(C)(C)C[C@H]21. The number of hydrogen-bond donors (Lipinski definition) is 1. The first-order chi connectivity index (χ1) is 9.88. The lowest BCUT2D eigenvalue weighted by atomic mass is 9.53. The summed E-state index contributed by atoms with van der Waals surface area (Å²) >= 11 is 0. The summed E-state index contributed by atoms with van der Waals surface area (Å²) in [6.45, 7) is 4.52. The predicted octanol–water partition coefficient (Wildman–Crippen LogP) is 4.01. The van der Waals surface area contributed by atoms with Crippen LogP contribution in [0.4, 0.5) is 0 Å². The van der Waals surface area contributed by atoms with E-state index in [-0.39, 0.29) is 11.3 Å². The predicted molar refractivity (Wildman–Crippen MR) is 81.8 cm³/mol.